The molecule has 0 aromatic heterocycles. The minimum absolute atomic E-state index is 0.213. The molecule has 2 aliphatic rings. The van der Waals surface area contributed by atoms with Gasteiger partial charge in [0.1, 0.15) is 0 Å². The number of hydrogen-bond donors (Lipinski definition) is 1. The molecule has 3 nitrogen and oxygen atoms in total. The molecule has 13 heavy (non-hydrogen) atoms. The minimum atomic E-state index is 0.213. The van der Waals surface area contributed by atoms with Crippen LogP contribution in [0.25, 0.3) is 0 Å². The van der Waals surface area contributed by atoms with Crippen LogP contribution in [0.4, 0.5) is 0 Å². The summed E-state index contributed by atoms with van der Waals surface area (Å²) in [6.07, 6.45) is 4.22. The molecular formula is C10H18N2O. The third kappa shape index (κ3) is 1.85. The fraction of sp³-hybridized carbons (Fsp3) is 0.900. The van der Waals surface area contributed by atoms with Crippen LogP contribution in [-0.2, 0) is 4.79 Å². The number of carbonyl (C=O) groups excluding carboxylic acids is 1. The molecule has 0 spiro atoms. The first kappa shape index (κ1) is 9.00. The number of amides is 1. The highest BCUT2D eigenvalue weighted by molar-refractivity contribution is 5.79. The largest absolute Gasteiger partial charge is 0.359 e. The van der Waals surface area contributed by atoms with Crippen molar-refractivity contribution in [3.8, 4) is 0 Å². The van der Waals surface area contributed by atoms with Gasteiger partial charge in [0.05, 0.1) is 5.92 Å². The molecule has 74 valence electrons. The Morgan fingerprint density at radius 2 is 2.15 bits per heavy atom. The highest BCUT2D eigenvalue weighted by atomic mass is 16.1. The van der Waals surface area contributed by atoms with Gasteiger partial charge in [0.2, 0.25) is 5.91 Å². The molecule has 1 N–H and O–H groups in total. The normalized spacial score (nSPS) is 25.0. The second kappa shape index (κ2) is 3.66. The zero-order valence-electron chi connectivity index (χ0n) is 8.25. The lowest BCUT2D eigenvalue weighted by molar-refractivity contribution is -0.130. The van der Waals surface area contributed by atoms with Crippen LogP contribution in [0.15, 0.2) is 0 Å². The smallest absolute Gasteiger partial charge is 0.225 e. The Hall–Kier alpha value is -0.570. The molecule has 0 radical (unpaired) electrons. The molecule has 1 aliphatic heterocycles. The van der Waals surface area contributed by atoms with Gasteiger partial charge in [-0.15, -0.1) is 0 Å². The summed E-state index contributed by atoms with van der Waals surface area (Å²) in [5, 5.41) is 2.70. The maximum absolute atomic E-state index is 11.2. The van der Waals surface area contributed by atoms with E-state index < -0.39 is 0 Å². The monoisotopic (exact) mass is 182 g/mol. The maximum Gasteiger partial charge on any atom is 0.225 e. The van der Waals surface area contributed by atoms with Crippen LogP contribution in [0.2, 0.25) is 0 Å². The summed E-state index contributed by atoms with van der Waals surface area (Å²) in [5.74, 6) is 1.42. The van der Waals surface area contributed by atoms with Gasteiger partial charge in [0, 0.05) is 26.7 Å². The van der Waals surface area contributed by atoms with E-state index in [1.807, 2.05) is 0 Å². The van der Waals surface area contributed by atoms with Gasteiger partial charge < -0.3 is 10.2 Å². The number of nitrogens with one attached hydrogen (secondary N) is 1. The van der Waals surface area contributed by atoms with Crippen LogP contribution in [-0.4, -0.2) is 37.5 Å². The van der Waals surface area contributed by atoms with Gasteiger partial charge in [-0.25, -0.2) is 0 Å². The predicted molar refractivity (Wildman–Crippen MR) is 51.3 cm³/mol. The molecule has 1 aliphatic carbocycles. The highest BCUT2D eigenvalue weighted by Crippen LogP contribution is 2.29. The SMILES string of the molecule is CNC(=O)C1CN(CC2CCC2)C1. The molecule has 1 saturated heterocycles. The van der Waals surface area contributed by atoms with E-state index in [0.29, 0.717) is 0 Å². The molecule has 0 aromatic rings. The summed E-state index contributed by atoms with van der Waals surface area (Å²) in [5.41, 5.74) is 0. The van der Waals surface area contributed by atoms with E-state index >= 15 is 0 Å². The molecule has 2 rings (SSSR count). The van der Waals surface area contributed by atoms with Gasteiger partial charge in [0.15, 0.2) is 0 Å². The third-order valence-electron chi connectivity index (χ3n) is 3.32. The number of hydrogen-bond acceptors (Lipinski definition) is 2. The van der Waals surface area contributed by atoms with Crippen molar-refractivity contribution in [1.29, 1.82) is 0 Å². The lowest BCUT2D eigenvalue weighted by atomic mass is 9.83. The summed E-state index contributed by atoms with van der Waals surface area (Å²) in [4.78, 5) is 13.6. The van der Waals surface area contributed by atoms with Crippen molar-refractivity contribution >= 4 is 5.91 Å². The lowest BCUT2D eigenvalue weighted by Crippen LogP contribution is -2.54. The van der Waals surface area contributed by atoms with E-state index in [9.17, 15) is 4.79 Å². The number of likely N-dealkylation sites (tertiary alicyclic amines) is 1. The van der Waals surface area contributed by atoms with E-state index in [4.69, 9.17) is 0 Å². The van der Waals surface area contributed by atoms with Crippen LogP contribution in [0.3, 0.4) is 0 Å². The van der Waals surface area contributed by atoms with Crippen molar-refractivity contribution in [2.24, 2.45) is 11.8 Å². The van der Waals surface area contributed by atoms with Gasteiger partial charge in [0.25, 0.3) is 0 Å². The fourth-order valence-corrected chi connectivity index (χ4v) is 2.13. The van der Waals surface area contributed by atoms with Crippen molar-refractivity contribution in [1.82, 2.24) is 10.2 Å². The van der Waals surface area contributed by atoms with Gasteiger partial charge in [-0.3, -0.25) is 4.79 Å². The Bertz CT molecular complexity index is 195. The van der Waals surface area contributed by atoms with Gasteiger partial charge in [-0.1, -0.05) is 6.42 Å². The minimum Gasteiger partial charge on any atom is -0.359 e. The molecule has 1 heterocycles. The van der Waals surface area contributed by atoms with Crippen molar-refractivity contribution in [3.05, 3.63) is 0 Å². The van der Waals surface area contributed by atoms with E-state index in [2.05, 4.69) is 10.2 Å². The standard InChI is InChI=1S/C10H18N2O/c1-11-10(13)9-6-12(7-9)5-8-3-2-4-8/h8-9H,2-7H2,1H3,(H,11,13). The van der Waals surface area contributed by atoms with Crippen LogP contribution in [0.1, 0.15) is 19.3 Å². The summed E-state index contributed by atoms with van der Waals surface area (Å²) in [6, 6.07) is 0. The van der Waals surface area contributed by atoms with Gasteiger partial charge in [-0.05, 0) is 18.8 Å². The fourth-order valence-electron chi connectivity index (χ4n) is 2.13. The number of nitrogens with zero attached hydrogens (tertiary/aromatic N) is 1. The first-order valence-electron chi connectivity index (χ1n) is 5.23. The Balaban J connectivity index is 1.63. The van der Waals surface area contributed by atoms with Gasteiger partial charge >= 0.3 is 0 Å². The zero-order valence-corrected chi connectivity index (χ0v) is 8.25. The van der Waals surface area contributed by atoms with Crippen molar-refractivity contribution < 1.29 is 4.79 Å². The summed E-state index contributed by atoms with van der Waals surface area (Å²) in [7, 11) is 1.72. The first-order valence-corrected chi connectivity index (χ1v) is 5.23. The average Bonchev–Trinajstić information content (AvgIpc) is 1.97. The Morgan fingerprint density at radius 3 is 2.62 bits per heavy atom. The first-order chi connectivity index (χ1) is 6.29. The quantitative estimate of drug-likeness (QED) is 0.688. The number of carbonyl (C=O) groups is 1. The van der Waals surface area contributed by atoms with Crippen LogP contribution < -0.4 is 5.32 Å². The molecule has 1 saturated carbocycles. The number of rotatable bonds is 3. The average molecular weight is 182 g/mol. The molecule has 0 aromatic carbocycles. The second-order valence-electron chi connectivity index (χ2n) is 4.33. The summed E-state index contributed by atoms with van der Waals surface area (Å²) < 4.78 is 0. The van der Waals surface area contributed by atoms with E-state index in [1.54, 1.807) is 7.05 Å². The van der Waals surface area contributed by atoms with Crippen LogP contribution >= 0.6 is 0 Å². The van der Waals surface area contributed by atoms with E-state index in [-0.39, 0.29) is 11.8 Å². The Morgan fingerprint density at radius 1 is 1.46 bits per heavy atom. The second-order valence-corrected chi connectivity index (χ2v) is 4.33. The summed E-state index contributed by atoms with van der Waals surface area (Å²) >= 11 is 0. The van der Waals surface area contributed by atoms with Crippen molar-refractivity contribution in [2.45, 2.75) is 19.3 Å². The Labute approximate surface area is 79.5 Å². The molecule has 2 fully saturated rings. The molecule has 0 atom stereocenters. The topological polar surface area (TPSA) is 32.3 Å². The molecule has 0 unspecified atom stereocenters. The highest BCUT2D eigenvalue weighted by Gasteiger charge is 2.33. The molecule has 1 amide bonds. The Kier molecular flexibility index (Phi) is 2.54. The van der Waals surface area contributed by atoms with Crippen molar-refractivity contribution in [2.75, 3.05) is 26.7 Å². The molecule has 3 heteroatoms. The van der Waals surface area contributed by atoms with E-state index in [0.717, 1.165) is 19.0 Å². The van der Waals surface area contributed by atoms with Crippen LogP contribution in [0, 0.1) is 11.8 Å². The summed E-state index contributed by atoms with van der Waals surface area (Å²) in [6.45, 7) is 3.19. The molecular weight excluding hydrogens is 164 g/mol. The third-order valence-corrected chi connectivity index (χ3v) is 3.32. The lowest BCUT2D eigenvalue weighted by Gasteiger charge is -2.41. The predicted octanol–water partition coefficient (Wildman–Crippen LogP) is 0.464. The maximum atomic E-state index is 11.2. The zero-order chi connectivity index (χ0) is 9.26. The molecule has 0 bridgehead atoms. The van der Waals surface area contributed by atoms with E-state index in [1.165, 1.54) is 25.8 Å². The van der Waals surface area contributed by atoms with Crippen molar-refractivity contribution in [3.63, 3.8) is 0 Å². The van der Waals surface area contributed by atoms with Crippen LogP contribution in [0.5, 0.6) is 0 Å². The van der Waals surface area contributed by atoms with Gasteiger partial charge in [-0.2, -0.15) is 0 Å².